The fraction of sp³-hybridized carbons (Fsp3) is 0.923. The van der Waals surface area contributed by atoms with Crippen LogP contribution in [0.15, 0.2) is 0 Å². The first-order valence-electron chi connectivity index (χ1n) is 6.98. The molecule has 0 radical (unpaired) electrons. The Morgan fingerprint density at radius 2 is 1.63 bits per heavy atom. The zero-order valence-electron chi connectivity index (χ0n) is 11.8. The summed E-state index contributed by atoms with van der Waals surface area (Å²) >= 11 is 0. The number of aliphatic hydroxyl groups is 3. The Morgan fingerprint density at radius 1 is 1.00 bits per heavy atom. The van der Waals surface area contributed by atoms with Crippen molar-refractivity contribution in [3.63, 3.8) is 0 Å². The van der Waals surface area contributed by atoms with Gasteiger partial charge in [0.2, 0.25) is 5.91 Å². The van der Waals surface area contributed by atoms with E-state index in [-0.39, 0.29) is 12.3 Å². The van der Waals surface area contributed by atoms with Crippen molar-refractivity contribution < 1.29 is 20.1 Å². The minimum atomic E-state index is -1.32. The van der Waals surface area contributed by atoms with Crippen LogP contribution in [0.1, 0.15) is 39.0 Å². The van der Waals surface area contributed by atoms with E-state index in [1.54, 1.807) is 0 Å². The number of hydrogen-bond acceptors (Lipinski definition) is 5. The maximum atomic E-state index is 11.6. The summed E-state index contributed by atoms with van der Waals surface area (Å²) in [6, 6.07) is 0. The highest BCUT2D eigenvalue weighted by atomic mass is 16.3. The summed E-state index contributed by atoms with van der Waals surface area (Å²) in [7, 11) is 0. The number of carbonyl (C=O) groups is 1. The van der Waals surface area contributed by atoms with Crippen molar-refractivity contribution in [3.8, 4) is 0 Å². The molecule has 6 nitrogen and oxygen atoms in total. The topological polar surface area (TPSA) is 102 Å². The zero-order valence-corrected chi connectivity index (χ0v) is 11.8. The van der Waals surface area contributed by atoms with Gasteiger partial charge in [0.05, 0.1) is 19.8 Å². The molecule has 0 aromatic carbocycles. The quantitative estimate of drug-likeness (QED) is 0.306. The molecule has 19 heavy (non-hydrogen) atoms. The van der Waals surface area contributed by atoms with Crippen LogP contribution in [-0.4, -0.2) is 59.7 Å². The molecule has 114 valence electrons. The molecule has 6 heteroatoms. The number of nitrogens with one attached hydrogen (secondary N) is 2. The monoisotopic (exact) mass is 276 g/mol. The van der Waals surface area contributed by atoms with Crippen molar-refractivity contribution in [1.29, 1.82) is 0 Å². The molecule has 0 saturated heterocycles. The third-order valence-electron chi connectivity index (χ3n) is 3.05. The Labute approximate surface area is 115 Å². The van der Waals surface area contributed by atoms with Crippen molar-refractivity contribution in [2.24, 2.45) is 0 Å². The van der Waals surface area contributed by atoms with Gasteiger partial charge < -0.3 is 26.0 Å². The average molecular weight is 276 g/mol. The summed E-state index contributed by atoms with van der Waals surface area (Å²) in [6.45, 7) is 2.13. The van der Waals surface area contributed by atoms with Crippen LogP contribution in [0.2, 0.25) is 0 Å². The lowest BCUT2D eigenvalue weighted by atomic mass is 10.0. The van der Waals surface area contributed by atoms with Gasteiger partial charge in [-0.05, 0) is 13.0 Å². The van der Waals surface area contributed by atoms with Gasteiger partial charge in [-0.3, -0.25) is 4.79 Å². The smallest absolute Gasteiger partial charge is 0.221 e. The van der Waals surface area contributed by atoms with Crippen LogP contribution in [-0.2, 0) is 4.79 Å². The maximum absolute atomic E-state index is 11.6. The van der Waals surface area contributed by atoms with E-state index in [1.165, 1.54) is 19.3 Å². The lowest BCUT2D eigenvalue weighted by molar-refractivity contribution is -0.125. The van der Waals surface area contributed by atoms with Gasteiger partial charge in [0, 0.05) is 13.0 Å². The zero-order chi connectivity index (χ0) is 14.6. The van der Waals surface area contributed by atoms with Gasteiger partial charge in [-0.15, -0.1) is 0 Å². The number of carbonyl (C=O) groups excluding carboxylic acids is 1. The number of hydrogen-bond donors (Lipinski definition) is 5. The van der Waals surface area contributed by atoms with Gasteiger partial charge in [-0.2, -0.15) is 0 Å². The van der Waals surface area contributed by atoms with Crippen molar-refractivity contribution in [2.75, 3.05) is 32.9 Å². The van der Waals surface area contributed by atoms with E-state index in [4.69, 9.17) is 15.3 Å². The average Bonchev–Trinajstić information content (AvgIpc) is 2.44. The number of aliphatic hydroxyl groups excluding tert-OH is 3. The first kappa shape index (κ1) is 18.3. The molecule has 0 unspecified atom stereocenters. The minimum absolute atomic E-state index is 0.259. The molecule has 0 aliphatic carbocycles. The molecule has 0 bridgehead atoms. The van der Waals surface area contributed by atoms with Gasteiger partial charge in [0.15, 0.2) is 0 Å². The van der Waals surface area contributed by atoms with Crippen LogP contribution in [0.5, 0.6) is 0 Å². The second-order valence-electron chi connectivity index (χ2n) is 4.86. The molecule has 0 aliphatic heterocycles. The lowest BCUT2D eigenvalue weighted by Crippen LogP contribution is -2.57. The van der Waals surface area contributed by atoms with E-state index in [2.05, 4.69) is 17.6 Å². The Kier molecular flexibility index (Phi) is 10.8. The Morgan fingerprint density at radius 3 is 2.16 bits per heavy atom. The van der Waals surface area contributed by atoms with Crippen LogP contribution in [0.4, 0.5) is 0 Å². The maximum Gasteiger partial charge on any atom is 0.221 e. The molecule has 1 amide bonds. The normalized spacial score (nSPS) is 11.6. The van der Waals surface area contributed by atoms with Crippen LogP contribution in [0, 0.1) is 0 Å². The molecule has 0 saturated carbocycles. The summed E-state index contributed by atoms with van der Waals surface area (Å²) < 4.78 is 0. The first-order chi connectivity index (χ1) is 9.14. The molecule has 0 atom stereocenters. The highest BCUT2D eigenvalue weighted by molar-refractivity contribution is 5.77. The van der Waals surface area contributed by atoms with Crippen molar-refractivity contribution in [1.82, 2.24) is 10.6 Å². The molecule has 0 heterocycles. The van der Waals surface area contributed by atoms with E-state index in [0.717, 1.165) is 13.0 Å². The number of rotatable bonds is 12. The van der Waals surface area contributed by atoms with Gasteiger partial charge in [0.25, 0.3) is 0 Å². The van der Waals surface area contributed by atoms with Crippen LogP contribution in [0.3, 0.4) is 0 Å². The Hall–Kier alpha value is -0.690. The predicted octanol–water partition coefficient (Wildman–Crippen LogP) is -0.622. The van der Waals surface area contributed by atoms with E-state index < -0.39 is 25.4 Å². The van der Waals surface area contributed by atoms with Gasteiger partial charge in [-0.1, -0.05) is 26.2 Å². The molecular weight excluding hydrogens is 248 g/mol. The van der Waals surface area contributed by atoms with Crippen molar-refractivity contribution in [3.05, 3.63) is 0 Å². The van der Waals surface area contributed by atoms with Crippen LogP contribution in [0.25, 0.3) is 0 Å². The minimum Gasteiger partial charge on any atom is -0.394 e. The molecule has 0 aromatic rings. The summed E-state index contributed by atoms with van der Waals surface area (Å²) in [5.74, 6) is -0.293. The van der Waals surface area contributed by atoms with Gasteiger partial charge in [0.1, 0.15) is 5.54 Å². The molecule has 0 aliphatic rings. The highest BCUT2D eigenvalue weighted by Gasteiger charge is 2.29. The molecule has 0 aromatic heterocycles. The predicted molar refractivity (Wildman–Crippen MR) is 73.8 cm³/mol. The highest BCUT2D eigenvalue weighted by Crippen LogP contribution is 2.02. The van der Waals surface area contributed by atoms with Crippen molar-refractivity contribution in [2.45, 2.75) is 44.6 Å². The lowest BCUT2D eigenvalue weighted by Gasteiger charge is -2.28. The Balaban J connectivity index is 3.69. The number of amides is 1. The van der Waals surface area contributed by atoms with E-state index >= 15 is 0 Å². The molecule has 5 N–H and O–H groups in total. The summed E-state index contributed by atoms with van der Waals surface area (Å²) in [5.41, 5.74) is -1.32. The summed E-state index contributed by atoms with van der Waals surface area (Å²) in [5, 5.41) is 32.8. The second kappa shape index (κ2) is 11.2. The summed E-state index contributed by atoms with van der Waals surface area (Å²) in [4.78, 5) is 11.6. The van der Waals surface area contributed by atoms with E-state index in [0.29, 0.717) is 6.54 Å². The van der Waals surface area contributed by atoms with Crippen LogP contribution >= 0.6 is 0 Å². The molecule has 0 spiro atoms. The Bertz CT molecular complexity index is 224. The fourth-order valence-electron chi connectivity index (χ4n) is 1.63. The third-order valence-corrected chi connectivity index (χ3v) is 3.05. The fourth-order valence-corrected chi connectivity index (χ4v) is 1.63. The van der Waals surface area contributed by atoms with E-state index in [9.17, 15) is 4.79 Å². The third kappa shape index (κ3) is 8.15. The van der Waals surface area contributed by atoms with Crippen molar-refractivity contribution >= 4 is 5.91 Å². The summed E-state index contributed by atoms with van der Waals surface area (Å²) in [6.07, 6.45) is 4.99. The standard InChI is InChI=1S/C13H28N2O4/c1-2-3-4-5-7-14-8-6-12(19)15-13(9-16,10-17)11-18/h14,16-18H,2-11H2,1H3,(H,15,19). The number of unbranched alkanes of at least 4 members (excludes halogenated alkanes) is 3. The second-order valence-corrected chi connectivity index (χ2v) is 4.86. The SMILES string of the molecule is CCCCCCNCCC(=O)NC(CO)(CO)CO. The van der Waals surface area contributed by atoms with E-state index in [1.807, 2.05) is 0 Å². The molecular formula is C13H28N2O4. The molecule has 0 rings (SSSR count). The first-order valence-corrected chi connectivity index (χ1v) is 6.98. The van der Waals surface area contributed by atoms with Gasteiger partial charge in [-0.25, -0.2) is 0 Å². The van der Waals surface area contributed by atoms with Gasteiger partial charge >= 0.3 is 0 Å². The largest absolute Gasteiger partial charge is 0.394 e. The van der Waals surface area contributed by atoms with Crippen LogP contribution < -0.4 is 10.6 Å². The molecule has 0 fully saturated rings.